The third-order valence-electron chi connectivity index (χ3n) is 17.7. The summed E-state index contributed by atoms with van der Waals surface area (Å²) in [6.45, 7) is 7.88. The molecule has 16 rings (SSSR count). The van der Waals surface area contributed by atoms with Crippen LogP contribution in [-0.2, 0) is 10.8 Å². The SMILES string of the molecule is [2H]C([2H])([2H])c1cccc(C([2H])([2H])[2H])c1-c1cc(-c2ccc(C(C)(C)C)cc2)c2c(c1)-c1ccccc1-c1ccccc1-c1cc(-c3ccc4oc5ccccc5c4c3)cc3c1[n+]-2[c-]n3-c1cccc(Oc2ccc3c4ccccc4n(-c4cc(C(C)(C)C)ccn4)c3c2)c1. The first-order valence-corrected chi connectivity index (χ1v) is 30.0. The molecule has 0 bridgehead atoms. The van der Waals surface area contributed by atoms with E-state index < -0.39 is 13.7 Å². The Hall–Kier alpha value is -10.6. The lowest BCUT2D eigenvalue weighted by atomic mass is 9.84. The number of imidazole rings is 1. The summed E-state index contributed by atoms with van der Waals surface area (Å²) in [7, 11) is 0. The zero-order valence-electron chi connectivity index (χ0n) is 55.7. The molecule has 15 aromatic rings. The maximum atomic E-state index is 8.95. The second-order valence-corrected chi connectivity index (χ2v) is 25.3. The second-order valence-electron chi connectivity index (χ2n) is 25.3. The van der Waals surface area contributed by atoms with Gasteiger partial charge in [-0.2, -0.15) is 0 Å². The van der Waals surface area contributed by atoms with Crippen LogP contribution in [0.5, 0.6) is 11.5 Å². The molecule has 0 aliphatic carbocycles. The zero-order chi connectivity index (χ0) is 64.7. The van der Waals surface area contributed by atoms with Crippen molar-refractivity contribution in [3.05, 3.63) is 271 Å². The largest absolute Gasteiger partial charge is 0.458 e. The van der Waals surface area contributed by atoms with Crippen LogP contribution in [-0.4, -0.2) is 14.1 Å². The summed E-state index contributed by atoms with van der Waals surface area (Å²) < 4.78 is 73.6. The smallest absolute Gasteiger partial charge is 0.269 e. The van der Waals surface area contributed by atoms with E-state index in [1.54, 1.807) is 0 Å². The third-order valence-corrected chi connectivity index (χ3v) is 17.7. The number of nitrogens with zero attached hydrogens (tertiary/aromatic N) is 4. The van der Waals surface area contributed by atoms with Crippen LogP contribution < -0.4 is 9.30 Å². The molecule has 0 saturated carbocycles. The van der Waals surface area contributed by atoms with Gasteiger partial charge in [-0.1, -0.05) is 187 Å². The molecule has 0 N–H and O–H groups in total. The van der Waals surface area contributed by atoms with Gasteiger partial charge in [0.15, 0.2) is 0 Å². The highest BCUT2D eigenvalue weighted by molar-refractivity contribution is 6.10. The van der Waals surface area contributed by atoms with E-state index >= 15 is 0 Å². The number of pyridine rings is 1. The van der Waals surface area contributed by atoms with E-state index in [1.165, 1.54) is 23.8 Å². The molecule has 88 heavy (non-hydrogen) atoms. The summed E-state index contributed by atoms with van der Waals surface area (Å²) >= 11 is 0. The van der Waals surface area contributed by atoms with Crippen molar-refractivity contribution in [2.24, 2.45) is 0 Å². The quantitative estimate of drug-likeness (QED) is 0.118. The van der Waals surface area contributed by atoms with Crippen molar-refractivity contribution in [1.29, 1.82) is 0 Å². The summed E-state index contributed by atoms with van der Waals surface area (Å²) in [5.41, 5.74) is 18.4. The third kappa shape index (κ3) is 8.68. The van der Waals surface area contributed by atoms with Gasteiger partial charge in [0, 0.05) is 42.0 Å². The summed E-state index contributed by atoms with van der Waals surface area (Å²) in [5, 5.41) is 4.23. The van der Waals surface area contributed by atoms with Crippen LogP contribution in [0, 0.1) is 20.0 Å². The molecule has 5 heterocycles. The van der Waals surface area contributed by atoms with Gasteiger partial charge in [0.05, 0.1) is 33.4 Å². The van der Waals surface area contributed by atoms with Crippen LogP contribution in [0.3, 0.4) is 0 Å². The number of fused-ring (bicyclic) bond motifs is 13. The molecular formula is C82H64N4O2. The van der Waals surface area contributed by atoms with E-state index in [1.807, 2.05) is 66.9 Å². The minimum atomic E-state index is -2.66. The summed E-state index contributed by atoms with van der Waals surface area (Å²) in [6, 6.07) is 80.1. The van der Waals surface area contributed by atoms with Crippen molar-refractivity contribution in [1.82, 2.24) is 14.1 Å². The van der Waals surface area contributed by atoms with E-state index in [-0.39, 0.29) is 27.5 Å². The summed E-state index contributed by atoms with van der Waals surface area (Å²) in [6.07, 6.45) is 5.90. The standard InChI is InChI=1S/C82H64N4O2/c1-50-19-17-20-51(2)78(50)55-43-68(52-31-34-56(35-32-52)81(3,4)5)79-70(44-55)63-25-11-9-23-61(63)62-24-10-12-26-64(62)71-42-54(53-33-38-76-69(41-53)67-28-14-16-30-75(67)88-76)45-74-80(71)85(79)49-84(74)58-21-18-22-59(47-58)87-60-36-37-66-65-27-13-15-29-72(65)86(73(66)48-60)77-46-57(39-40-83-77)82(6,7)8/h9-48H,1-8H3/i1D3,2D3. The predicted molar refractivity (Wildman–Crippen MR) is 363 cm³/mol. The fourth-order valence-electron chi connectivity index (χ4n) is 13.3. The fraction of sp³-hybridized carbons (Fsp3) is 0.122. The Balaban J connectivity index is 0.986. The van der Waals surface area contributed by atoms with Gasteiger partial charge in [-0.3, -0.25) is 13.7 Å². The highest BCUT2D eigenvalue weighted by Gasteiger charge is 2.29. The number of furan rings is 1. The molecule has 0 amide bonds. The molecule has 1 aliphatic heterocycles. The second kappa shape index (κ2) is 20.0. The molecule has 4 aromatic heterocycles. The van der Waals surface area contributed by atoms with Crippen LogP contribution >= 0.6 is 0 Å². The number of hydrogen-bond acceptors (Lipinski definition) is 3. The van der Waals surface area contributed by atoms with Gasteiger partial charge in [-0.05, 0) is 198 Å². The van der Waals surface area contributed by atoms with Gasteiger partial charge in [0.25, 0.3) is 6.33 Å². The highest BCUT2D eigenvalue weighted by atomic mass is 16.5. The zero-order valence-corrected chi connectivity index (χ0v) is 49.7. The number of para-hydroxylation sites is 2. The number of benzene rings is 11. The van der Waals surface area contributed by atoms with Gasteiger partial charge in [0.1, 0.15) is 28.5 Å². The van der Waals surface area contributed by atoms with Crippen molar-refractivity contribution in [3.8, 4) is 95.5 Å². The minimum absolute atomic E-state index is 0.0451. The molecule has 0 spiro atoms. The predicted octanol–water partition coefficient (Wildman–Crippen LogP) is 21.4. The van der Waals surface area contributed by atoms with Crippen molar-refractivity contribution in [2.45, 2.75) is 66.1 Å². The van der Waals surface area contributed by atoms with E-state index in [9.17, 15) is 0 Å². The van der Waals surface area contributed by atoms with E-state index in [0.29, 0.717) is 17.1 Å². The van der Waals surface area contributed by atoms with Crippen molar-refractivity contribution in [2.75, 3.05) is 0 Å². The van der Waals surface area contributed by atoms with Crippen LogP contribution in [0.25, 0.3) is 139 Å². The Bertz CT molecular complexity index is 5560. The minimum Gasteiger partial charge on any atom is -0.458 e. The average molecular weight is 1140 g/mol. The van der Waals surface area contributed by atoms with Gasteiger partial charge in [0.2, 0.25) is 0 Å². The van der Waals surface area contributed by atoms with Gasteiger partial charge < -0.3 is 9.15 Å². The molecule has 1 aliphatic rings. The van der Waals surface area contributed by atoms with Crippen LogP contribution in [0.2, 0.25) is 0 Å². The lowest BCUT2D eigenvalue weighted by Crippen LogP contribution is -2.32. The first-order valence-electron chi connectivity index (χ1n) is 33.0. The number of aromatic nitrogens is 4. The number of aryl methyl sites for hydroxylation is 2. The van der Waals surface area contributed by atoms with E-state index in [0.717, 1.165) is 133 Å². The topological polar surface area (TPSA) is 49.0 Å². The van der Waals surface area contributed by atoms with Crippen molar-refractivity contribution < 1.29 is 21.9 Å². The Kier molecular flexibility index (Phi) is 10.6. The monoisotopic (exact) mass is 1140 g/mol. The van der Waals surface area contributed by atoms with Gasteiger partial charge in [-0.15, -0.1) is 0 Å². The molecule has 6 heteroatoms. The van der Waals surface area contributed by atoms with Crippen LogP contribution in [0.4, 0.5) is 0 Å². The molecule has 0 radical (unpaired) electrons. The number of rotatable bonds is 7. The van der Waals surface area contributed by atoms with Crippen LogP contribution in [0.15, 0.2) is 247 Å². The van der Waals surface area contributed by atoms with Crippen molar-refractivity contribution >= 4 is 54.8 Å². The molecule has 11 aromatic carbocycles. The van der Waals surface area contributed by atoms with Gasteiger partial charge in [-0.25, -0.2) is 4.98 Å². The maximum Gasteiger partial charge on any atom is 0.269 e. The molecule has 0 fully saturated rings. The summed E-state index contributed by atoms with van der Waals surface area (Å²) in [5.74, 6) is 2.08. The highest BCUT2D eigenvalue weighted by Crippen LogP contribution is 2.49. The molecule has 0 unspecified atom stereocenters. The lowest BCUT2D eigenvalue weighted by Gasteiger charge is -2.23. The maximum absolute atomic E-state index is 8.95. The Morgan fingerprint density at radius 2 is 1.07 bits per heavy atom. The molecular weight excluding hydrogens is 1070 g/mol. The Morgan fingerprint density at radius 1 is 0.443 bits per heavy atom. The average Bonchev–Trinajstić information content (AvgIpc) is 1.46. The molecule has 0 atom stereocenters. The molecule has 0 saturated heterocycles. The van der Waals surface area contributed by atoms with Crippen molar-refractivity contribution in [3.63, 3.8) is 0 Å². The normalized spacial score (nSPS) is 13.6. The molecule has 424 valence electrons. The first kappa shape index (κ1) is 46.7. The number of hydrogen-bond donors (Lipinski definition) is 0. The number of ether oxygens (including phenoxy) is 1. The van der Waals surface area contributed by atoms with Gasteiger partial charge >= 0.3 is 0 Å². The summed E-state index contributed by atoms with van der Waals surface area (Å²) in [4.78, 5) is 4.95. The molecule has 6 nitrogen and oxygen atoms in total. The Morgan fingerprint density at radius 3 is 1.82 bits per heavy atom. The fourth-order valence-corrected chi connectivity index (χ4v) is 13.3. The van der Waals surface area contributed by atoms with Crippen LogP contribution in [0.1, 0.15) is 72.0 Å². The van der Waals surface area contributed by atoms with E-state index in [4.69, 9.17) is 22.4 Å². The lowest BCUT2D eigenvalue weighted by molar-refractivity contribution is -0.570. The first-order chi connectivity index (χ1) is 45.1. The Labute approximate surface area is 521 Å². The van der Waals surface area contributed by atoms with E-state index in [2.05, 4.69) is 219 Å².